The maximum absolute atomic E-state index is 5.27. The minimum absolute atomic E-state index is 0.233. The summed E-state index contributed by atoms with van der Waals surface area (Å²) in [7, 11) is 3.69. The van der Waals surface area contributed by atoms with Gasteiger partial charge in [0.25, 0.3) is 0 Å². The van der Waals surface area contributed by atoms with E-state index >= 15 is 0 Å². The van der Waals surface area contributed by atoms with Gasteiger partial charge < -0.3 is 10.1 Å². The van der Waals surface area contributed by atoms with Gasteiger partial charge in [0.2, 0.25) is 0 Å². The number of hydrogen-bond donors (Lipinski definition) is 1. The van der Waals surface area contributed by atoms with Crippen LogP contribution in [0.5, 0.6) is 5.75 Å². The molecule has 0 aliphatic heterocycles. The molecule has 0 aliphatic rings. The summed E-state index contributed by atoms with van der Waals surface area (Å²) in [6, 6.07) is 8.44. The summed E-state index contributed by atoms with van der Waals surface area (Å²) in [6.45, 7) is 2.15. The Morgan fingerprint density at radius 3 is 2.71 bits per heavy atom. The third-order valence-electron chi connectivity index (χ3n) is 2.92. The molecular formula is C14H17NOS. The average Bonchev–Trinajstić information content (AvgIpc) is 2.77. The Morgan fingerprint density at radius 2 is 2.12 bits per heavy atom. The van der Waals surface area contributed by atoms with Gasteiger partial charge in [-0.15, -0.1) is 0 Å². The lowest BCUT2D eigenvalue weighted by Gasteiger charge is -2.17. The van der Waals surface area contributed by atoms with Crippen molar-refractivity contribution < 1.29 is 4.74 Å². The summed E-state index contributed by atoms with van der Waals surface area (Å²) < 4.78 is 5.27. The fraction of sp³-hybridized carbons (Fsp3) is 0.286. The van der Waals surface area contributed by atoms with Crippen molar-refractivity contribution in [1.82, 2.24) is 5.32 Å². The first-order valence-corrected chi connectivity index (χ1v) is 6.54. The Kier molecular flexibility index (Phi) is 3.82. The number of thiophene rings is 1. The number of benzene rings is 1. The van der Waals surface area contributed by atoms with Crippen LogP contribution in [-0.4, -0.2) is 14.2 Å². The van der Waals surface area contributed by atoms with Crippen LogP contribution in [0, 0.1) is 6.92 Å². The van der Waals surface area contributed by atoms with Gasteiger partial charge in [0.05, 0.1) is 13.2 Å². The number of ether oxygens (including phenoxy) is 1. The zero-order valence-corrected chi connectivity index (χ0v) is 11.2. The van der Waals surface area contributed by atoms with Crippen LogP contribution in [0.4, 0.5) is 0 Å². The molecule has 1 aromatic heterocycles. The van der Waals surface area contributed by atoms with E-state index in [2.05, 4.69) is 35.1 Å². The highest BCUT2D eigenvalue weighted by Gasteiger charge is 2.15. The van der Waals surface area contributed by atoms with Crippen LogP contribution in [0.25, 0.3) is 0 Å². The van der Waals surface area contributed by atoms with Crippen molar-refractivity contribution in [1.29, 1.82) is 0 Å². The maximum Gasteiger partial charge on any atom is 0.119 e. The van der Waals surface area contributed by atoms with Crippen molar-refractivity contribution in [2.45, 2.75) is 13.0 Å². The largest absolute Gasteiger partial charge is 0.497 e. The molecule has 2 rings (SSSR count). The van der Waals surface area contributed by atoms with Gasteiger partial charge in [-0.1, -0.05) is 12.1 Å². The predicted octanol–water partition coefficient (Wildman–Crippen LogP) is 3.37. The first-order chi connectivity index (χ1) is 8.26. The molecule has 0 fully saturated rings. The highest BCUT2D eigenvalue weighted by molar-refractivity contribution is 7.08. The molecule has 90 valence electrons. The van der Waals surface area contributed by atoms with Crippen molar-refractivity contribution in [2.75, 3.05) is 14.2 Å². The van der Waals surface area contributed by atoms with Gasteiger partial charge in [-0.2, -0.15) is 11.3 Å². The fourth-order valence-electron chi connectivity index (χ4n) is 1.99. The maximum atomic E-state index is 5.27. The van der Waals surface area contributed by atoms with Gasteiger partial charge in [0.15, 0.2) is 0 Å². The van der Waals surface area contributed by atoms with E-state index in [4.69, 9.17) is 4.74 Å². The topological polar surface area (TPSA) is 21.3 Å². The second-order valence-electron chi connectivity index (χ2n) is 4.01. The highest BCUT2D eigenvalue weighted by Crippen LogP contribution is 2.29. The molecule has 0 bridgehead atoms. The molecule has 0 saturated heterocycles. The molecule has 17 heavy (non-hydrogen) atoms. The van der Waals surface area contributed by atoms with Crippen molar-refractivity contribution in [3.05, 3.63) is 51.7 Å². The molecule has 0 amide bonds. The van der Waals surface area contributed by atoms with E-state index in [0.717, 1.165) is 5.75 Å². The molecule has 1 unspecified atom stereocenters. The first kappa shape index (κ1) is 12.1. The molecule has 1 aromatic carbocycles. The summed E-state index contributed by atoms with van der Waals surface area (Å²) in [5.74, 6) is 0.899. The molecule has 0 radical (unpaired) electrons. The lowest BCUT2D eigenvalue weighted by atomic mass is 9.98. The normalized spacial score (nSPS) is 12.4. The molecule has 3 heteroatoms. The van der Waals surface area contributed by atoms with Crippen LogP contribution >= 0.6 is 11.3 Å². The van der Waals surface area contributed by atoms with Crippen LogP contribution < -0.4 is 10.1 Å². The van der Waals surface area contributed by atoms with Gasteiger partial charge in [-0.3, -0.25) is 0 Å². The van der Waals surface area contributed by atoms with Crippen LogP contribution in [0.2, 0.25) is 0 Å². The van der Waals surface area contributed by atoms with Crippen LogP contribution in [0.15, 0.2) is 35.0 Å². The summed E-state index contributed by atoms with van der Waals surface area (Å²) in [5, 5.41) is 7.75. The molecule has 1 heterocycles. The summed E-state index contributed by atoms with van der Waals surface area (Å²) in [4.78, 5) is 0. The Morgan fingerprint density at radius 1 is 1.29 bits per heavy atom. The van der Waals surface area contributed by atoms with Gasteiger partial charge >= 0.3 is 0 Å². The molecule has 0 spiro atoms. The van der Waals surface area contributed by atoms with E-state index in [1.807, 2.05) is 19.2 Å². The number of hydrogen-bond acceptors (Lipinski definition) is 3. The third kappa shape index (κ3) is 2.51. The summed E-state index contributed by atoms with van der Waals surface area (Å²) >= 11 is 1.74. The van der Waals surface area contributed by atoms with Crippen molar-refractivity contribution in [3.8, 4) is 5.75 Å². The number of rotatable bonds is 4. The van der Waals surface area contributed by atoms with Gasteiger partial charge in [0.1, 0.15) is 5.75 Å². The van der Waals surface area contributed by atoms with Gasteiger partial charge in [-0.25, -0.2) is 0 Å². The number of aryl methyl sites for hydroxylation is 1. The first-order valence-electron chi connectivity index (χ1n) is 5.60. The lowest BCUT2D eigenvalue weighted by Crippen LogP contribution is -2.17. The van der Waals surface area contributed by atoms with Gasteiger partial charge in [0, 0.05) is 0 Å². The lowest BCUT2D eigenvalue weighted by molar-refractivity contribution is 0.414. The van der Waals surface area contributed by atoms with E-state index in [0.29, 0.717) is 0 Å². The highest BCUT2D eigenvalue weighted by atomic mass is 32.1. The monoisotopic (exact) mass is 247 g/mol. The smallest absolute Gasteiger partial charge is 0.119 e. The standard InChI is InChI=1S/C14H17NOS/c1-10-8-17-9-13(10)14(15-2)11-5-4-6-12(7-11)16-3/h4-9,14-15H,1-3H3. The average molecular weight is 247 g/mol. The van der Waals surface area contributed by atoms with Crippen molar-refractivity contribution in [3.63, 3.8) is 0 Å². The Hall–Kier alpha value is -1.32. The van der Waals surface area contributed by atoms with Crippen LogP contribution in [-0.2, 0) is 0 Å². The van der Waals surface area contributed by atoms with E-state index < -0.39 is 0 Å². The quantitative estimate of drug-likeness (QED) is 0.894. The molecule has 1 N–H and O–H groups in total. The van der Waals surface area contributed by atoms with Gasteiger partial charge in [-0.05, 0) is 53.6 Å². The molecule has 0 saturated carbocycles. The summed E-state index contributed by atoms with van der Waals surface area (Å²) in [6.07, 6.45) is 0. The zero-order valence-electron chi connectivity index (χ0n) is 10.4. The molecule has 2 nitrogen and oxygen atoms in total. The van der Waals surface area contributed by atoms with E-state index in [-0.39, 0.29) is 6.04 Å². The van der Waals surface area contributed by atoms with Crippen molar-refractivity contribution in [2.24, 2.45) is 0 Å². The fourth-order valence-corrected chi connectivity index (χ4v) is 2.87. The summed E-state index contributed by atoms with van der Waals surface area (Å²) in [5.41, 5.74) is 3.90. The van der Waals surface area contributed by atoms with Crippen molar-refractivity contribution >= 4 is 11.3 Å². The number of methoxy groups -OCH3 is 1. The van der Waals surface area contributed by atoms with E-state index in [9.17, 15) is 0 Å². The second kappa shape index (κ2) is 5.34. The Labute approximate surface area is 106 Å². The Bertz CT molecular complexity index is 492. The molecule has 1 atom stereocenters. The van der Waals surface area contributed by atoms with Crippen LogP contribution in [0.3, 0.4) is 0 Å². The minimum atomic E-state index is 0.233. The second-order valence-corrected chi connectivity index (χ2v) is 4.75. The minimum Gasteiger partial charge on any atom is -0.497 e. The zero-order chi connectivity index (χ0) is 12.3. The predicted molar refractivity (Wildman–Crippen MR) is 73.0 cm³/mol. The molecule has 0 aliphatic carbocycles. The van der Waals surface area contributed by atoms with E-state index in [1.54, 1.807) is 18.4 Å². The molecular weight excluding hydrogens is 230 g/mol. The molecule has 2 aromatic rings. The third-order valence-corrected chi connectivity index (χ3v) is 3.80. The van der Waals surface area contributed by atoms with Crippen LogP contribution in [0.1, 0.15) is 22.7 Å². The number of nitrogens with one attached hydrogen (secondary N) is 1. The SMILES string of the molecule is CNC(c1cccc(OC)c1)c1cscc1C. The van der Waals surface area contributed by atoms with E-state index in [1.165, 1.54) is 16.7 Å². The Balaban J connectivity index is 2.38.